The zero-order valence-corrected chi connectivity index (χ0v) is 20.3. The van der Waals surface area contributed by atoms with Crippen LogP contribution in [0.2, 0.25) is 5.15 Å². The third kappa shape index (κ3) is 4.86. The van der Waals surface area contributed by atoms with Gasteiger partial charge in [0.25, 0.3) is 5.91 Å². The van der Waals surface area contributed by atoms with Crippen molar-refractivity contribution in [2.45, 2.75) is 20.4 Å². The van der Waals surface area contributed by atoms with Gasteiger partial charge in [-0.1, -0.05) is 41.4 Å². The van der Waals surface area contributed by atoms with E-state index in [1.165, 1.54) is 16.9 Å². The number of thiazole rings is 1. The van der Waals surface area contributed by atoms with Gasteiger partial charge in [0.1, 0.15) is 5.15 Å². The van der Waals surface area contributed by atoms with Crippen molar-refractivity contribution in [2.24, 2.45) is 0 Å². The van der Waals surface area contributed by atoms with Crippen LogP contribution in [0.5, 0.6) is 11.5 Å². The highest BCUT2D eigenvalue weighted by molar-refractivity contribution is 7.14. The van der Waals surface area contributed by atoms with Crippen LogP contribution in [0.1, 0.15) is 27.2 Å². The van der Waals surface area contributed by atoms with Crippen LogP contribution in [0.25, 0.3) is 11.3 Å². The summed E-state index contributed by atoms with van der Waals surface area (Å²) in [7, 11) is 3.17. The molecule has 0 bridgehead atoms. The van der Waals surface area contributed by atoms with Crippen LogP contribution in [0.15, 0.2) is 47.8 Å². The minimum atomic E-state index is -0.346. The number of carbonyl (C=O) groups is 1. The van der Waals surface area contributed by atoms with Gasteiger partial charge in [0, 0.05) is 10.9 Å². The number of hydrogen-bond acceptors (Lipinski definition) is 6. The van der Waals surface area contributed by atoms with Gasteiger partial charge in [-0.15, -0.1) is 11.3 Å². The topological polar surface area (TPSA) is 78.3 Å². The van der Waals surface area contributed by atoms with E-state index in [0.717, 1.165) is 11.1 Å². The zero-order valence-electron chi connectivity index (χ0n) is 18.7. The van der Waals surface area contributed by atoms with Crippen LogP contribution in [0, 0.1) is 13.8 Å². The molecule has 2 aromatic heterocycles. The Morgan fingerprint density at radius 3 is 2.52 bits per heavy atom. The van der Waals surface area contributed by atoms with Crippen LogP contribution < -0.4 is 14.8 Å². The Hall–Kier alpha value is -3.36. The predicted molar refractivity (Wildman–Crippen MR) is 131 cm³/mol. The van der Waals surface area contributed by atoms with Gasteiger partial charge >= 0.3 is 0 Å². The Bertz CT molecular complexity index is 1300. The standard InChI is InChI=1S/C24H23ClN4O3S/c1-14-5-7-16(8-6-14)12-29-22(25)21(15(2)28-29)23(30)27-24-26-18(13-33-24)17-9-10-19(31-3)20(11-17)32-4/h5-11,13H,12H2,1-4H3,(H,26,27,30). The highest BCUT2D eigenvalue weighted by atomic mass is 35.5. The van der Waals surface area contributed by atoms with E-state index in [2.05, 4.69) is 15.4 Å². The van der Waals surface area contributed by atoms with Gasteiger partial charge in [-0.2, -0.15) is 5.10 Å². The first-order chi connectivity index (χ1) is 15.9. The smallest absolute Gasteiger partial charge is 0.262 e. The Kier molecular flexibility index (Phi) is 6.67. The van der Waals surface area contributed by atoms with Gasteiger partial charge in [-0.25, -0.2) is 9.67 Å². The summed E-state index contributed by atoms with van der Waals surface area (Å²) in [5, 5.41) is 9.93. The minimum Gasteiger partial charge on any atom is -0.493 e. The maximum Gasteiger partial charge on any atom is 0.262 e. The number of carbonyl (C=O) groups excluding carboxylic acids is 1. The van der Waals surface area contributed by atoms with Crippen LogP contribution in [-0.2, 0) is 6.54 Å². The maximum atomic E-state index is 13.0. The van der Waals surface area contributed by atoms with E-state index in [4.69, 9.17) is 21.1 Å². The highest BCUT2D eigenvalue weighted by Crippen LogP contribution is 2.33. The van der Waals surface area contributed by atoms with E-state index in [0.29, 0.717) is 45.3 Å². The number of rotatable bonds is 7. The van der Waals surface area contributed by atoms with Crippen molar-refractivity contribution in [2.75, 3.05) is 19.5 Å². The zero-order chi connectivity index (χ0) is 23.5. The molecule has 2 heterocycles. The van der Waals surface area contributed by atoms with E-state index in [9.17, 15) is 4.79 Å². The van der Waals surface area contributed by atoms with Gasteiger partial charge in [0.05, 0.1) is 37.7 Å². The molecule has 0 aliphatic heterocycles. The van der Waals surface area contributed by atoms with E-state index in [-0.39, 0.29) is 5.91 Å². The average molecular weight is 483 g/mol. The van der Waals surface area contributed by atoms with Crippen molar-refractivity contribution in [1.29, 1.82) is 0 Å². The number of anilines is 1. The average Bonchev–Trinajstić information content (AvgIpc) is 3.38. The van der Waals surface area contributed by atoms with Crippen LogP contribution in [0.4, 0.5) is 5.13 Å². The second kappa shape index (κ2) is 9.64. The monoisotopic (exact) mass is 482 g/mol. The summed E-state index contributed by atoms with van der Waals surface area (Å²) in [5.41, 5.74) is 4.69. The fourth-order valence-corrected chi connectivity index (χ4v) is 4.44. The molecule has 0 spiro atoms. The summed E-state index contributed by atoms with van der Waals surface area (Å²) in [5.74, 6) is 0.899. The molecular formula is C24H23ClN4O3S. The number of nitrogens with zero attached hydrogens (tertiary/aromatic N) is 3. The van der Waals surface area contributed by atoms with Gasteiger partial charge < -0.3 is 9.47 Å². The molecule has 0 fully saturated rings. The summed E-state index contributed by atoms with van der Waals surface area (Å²) >= 11 is 7.86. The van der Waals surface area contributed by atoms with Gasteiger partial charge in [0.15, 0.2) is 16.6 Å². The molecule has 0 unspecified atom stereocenters. The summed E-state index contributed by atoms with van der Waals surface area (Å²) < 4.78 is 12.3. The molecule has 1 amide bonds. The number of aromatic nitrogens is 3. The fourth-order valence-electron chi connectivity index (χ4n) is 3.40. The van der Waals surface area contributed by atoms with Crippen molar-refractivity contribution in [3.8, 4) is 22.8 Å². The molecule has 0 saturated carbocycles. The third-order valence-corrected chi connectivity index (χ3v) is 6.29. The first kappa shape index (κ1) is 22.8. The van der Waals surface area contributed by atoms with E-state index < -0.39 is 0 Å². The molecular weight excluding hydrogens is 460 g/mol. The van der Waals surface area contributed by atoms with Gasteiger partial charge in [-0.05, 0) is 37.6 Å². The lowest BCUT2D eigenvalue weighted by Crippen LogP contribution is -2.13. The van der Waals surface area contributed by atoms with E-state index in [1.54, 1.807) is 25.8 Å². The maximum absolute atomic E-state index is 13.0. The largest absolute Gasteiger partial charge is 0.493 e. The summed E-state index contributed by atoms with van der Waals surface area (Å²) in [4.78, 5) is 17.5. The van der Waals surface area contributed by atoms with Crippen molar-refractivity contribution >= 4 is 34.0 Å². The molecule has 33 heavy (non-hydrogen) atoms. The number of aryl methyl sites for hydroxylation is 2. The Morgan fingerprint density at radius 1 is 1.09 bits per heavy atom. The Labute approximate surface area is 201 Å². The summed E-state index contributed by atoms with van der Waals surface area (Å²) in [6, 6.07) is 13.7. The number of nitrogens with one attached hydrogen (secondary N) is 1. The van der Waals surface area contributed by atoms with E-state index in [1.807, 2.05) is 54.8 Å². The fraction of sp³-hybridized carbons (Fsp3) is 0.208. The quantitative estimate of drug-likeness (QED) is 0.371. The van der Waals surface area contributed by atoms with Crippen molar-refractivity contribution in [3.63, 3.8) is 0 Å². The molecule has 0 aliphatic carbocycles. The molecule has 1 N–H and O–H groups in total. The molecule has 170 valence electrons. The first-order valence-corrected chi connectivity index (χ1v) is 11.4. The molecule has 4 aromatic rings. The normalized spacial score (nSPS) is 10.8. The number of amides is 1. The lowest BCUT2D eigenvalue weighted by atomic mass is 10.1. The van der Waals surface area contributed by atoms with Crippen molar-refractivity contribution < 1.29 is 14.3 Å². The molecule has 0 radical (unpaired) electrons. The first-order valence-electron chi connectivity index (χ1n) is 10.2. The number of ether oxygens (including phenoxy) is 2. The molecule has 0 aliphatic rings. The SMILES string of the molecule is COc1ccc(-c2csc(NC(=O)c3c(C)nn(Cc4ccc(C)cc4)c3Cl)n2)cc1OC. The highest BCUT2D eigenvalue weighted by Gasteiger charge is 2.21. The number of hydrogen-bond donors (Lipinski definition) is 1. The third-order valence-electron chi connectivity index (χ3n) is 5.15. The summed E-state index contributed by atoms with van der Waals surface area (Å²) in [6.45, 7) is 4.28. The molecule has 0 atom stereocenters. The van der Waals surface area contributed by atoms with Crippen molar-refractivity contribution in [1.82, 2.24) is 14.8 Å². The summed E-state index contributed by atoms with van der Waals surface area (Å²) in [6.07, 6.45) is 0. The van der Waals surface area contributed by atoms with Crippen LogP contribution >= 0.6 is 22.9 Å². The molecule has 2 aromatic carbocycles. The van der Waals surface area contributed by atoms with Crippen LogP contribution in [0.3, 0.4) is 0 Å². The van der Waals surface area contributed by atoms with Gasteiger partial charge in [-0.3, -0.25) is 10.1 Å². The lowest BCUT2D eigenvalue weighted by molar-refractivity contribution is 0.102. The molecule has 7 nitrogen and oxygen atoms in total. The predicted octanol–water partition coefficient (Wildman–Crippen LogP) is 5.59. The molecule has 0 saturated heterocycles. The number of benzene rings is 2. The number of methoxy groups -OCH3 is 2. The second-order valence-electron chi connectivity index (χ2n) is 7.46. The van der Waals surface area contributed by atoms with E-state index >= 15 is 0 Å². The van der Waals surface area contributed by atoms with Gasteiger partial charge in [0.2, 0.25) is 0 Å². The van der Waals surface area contributed by atoms with Crippen LogP contribution in [-0.4, -0.2) is 34.9 Å². The Balaban J connectivity index is 1.52. The minimum absolute atomic E-state index is 0.294. The molecule has 4 rings (SSSR count). The van der Waals surface area contributed by atoms with Crippen molar-refractivity contribution in [3.05, 3.63) is 75.4 Å². The lowest BCUT2D eigenvalue weighted by Gasteiger charge is -2.08. The molecule has 9 heteroatoms. The second-order valence-corrected chi connectivity index (χ2v) is 8.67. The Morgan fingerprint density at radius 2 is 1.82 bits per heavy atom. The number of halogens is 1.